The molecule has 2 aliphatic rings. The molecule has 0 spiro atoms. The van der Waals surface area contributed by atoms with Gasteiger partial charge in [0.05, 0.1) is 0 Å². The SMILES string of the molecule is CC1CC(NC(=O)C2CCCC(N)C2)CN1Cc1ccccc1.Cl.Cl. The van der Waals surface area contributed by atoms with Crippen molar-refractivity contribution >= 4 is 30.7 Å². The molecular weight excluding hydrogens is 357 g/mol. The smallest absolute Gasteiger partial charge is 0.223 e. The molecule has 1 aromatic carbocycles. The summed E-state index contributed by atoms with van der Waals surface area (Å²) in [7, 11) is 0. The molecule has 0 radical (unpaired) electrons. The van der Waals surface area contributed by atoms with Gasteiger partial charge in [-0.25, -0.2) is 0 Å². The summed E-state index contributed by atoms with van der Waals surface area (Å²) in [5.74, 6) is 0.344. The molecule has 1 saturated carbocycles. The number of hydrogen-bond donors (Lipinski definition) is 2. The number of nitrogens with zero attached hydrogens (tertiary/aromatic N) is 1. The number of carbonyl (C=O) groups is 1. The Hall–Kier alpha value is -0.810. The van der Waals surface area contributed by atoms with E-state index in [1.807, 2.05) is 0 Å². The summed E-state index contributed by atoms with van der Waals surface area (Å²) in [5, 5.41) is 3.28. The molecule has 4 atom stereocenters. The van der Waals surface area contributed by atoms with Crippen molar-refractivity contribution in [3.63, 3.8) is 0 Å². The maximum atomic E-state index is 12.5. The Morgan fingerprint density at radius 1 is 1.20 bits per heavy atom. The van der Waals surface area contributed by atoms with Crippen molar-refractivity contribution in [2.24, 2.45) is 11.7 Å². The summed E-state index contributed by atoms with van der Waals surface area (Å²) in [4.78, 5) is 15.0. The van der Waals surface area contributed by atoms with Crippen LogP contribution >= 0.6 is 24.8 Å². The van der Waals surface area contributed by atoms with Gasteiger partial charge in [-0.2, -0.15) is 0 Å². The highest BCUT2D eigenvalue weighted by Crippen LogP contribution is 2.25. The van der Waals surface area contributed by atoms with Crippen LogP contribution in [0.25, 0.3) is 0 Å². The van der Waals surface area contributed by atoms with E-state index in [1.54, 1.807) is 0 Å². The van der Waals surface area contributed by atoms with E-state index in [2.05, 4.69) is 47.5 Å². The Labute approximate surface area is 163 Å². The lowest BCUT2D eigenvalue weighted by molar-refractivity contribution is -0.126. The number of benzene rings is 1. The summed E-state index contributed by atoms with van der Waals surface area (Å²) in [6, 6.07) is 11.5. The highest BCUT2D eigenvalue weighted by atomic mass is 35.5. The van der Waals surface area contributed by atoms with Crippen molar-refractivity contribution in [2.45, 2.75) is 63.7 Å². The van der Waals surface area contributed by atoms with E-state index in [4.69, 9.17) is 5.73 Å². The van der Waals surface area contributed by atoms with Crippen LogP contribution in [0.3, 0.4) is 0 Å². The molecule has 3 N–H and O–H groups in total. The molecule has 3 rings (SSSR count). The van der Waals surface area contributed by atoms with Crippen LogP contribution in [0.1, 0.15) is 44.6 Å². The fourth-order valence-corrected chi connectivity index (χ4v) is 4.03. The molecular formula is C19H31Cl2N3O. The number of hydrogen-bond acceptors (Lipinski definition) is 3. The first-order valence-electron chi connectivity index (χ1n) is 8.95. The highest BCUT2D eigenvalue weighted by molar-refractivity contribution is 5.85. The Bertz CT molecular complexity index is 529. The van der Waals surface area contributed by atoms with Crippen LogP contribution in [0.4, 0.5) is 0 Å². The average molecular weight is 388 g/mol. The predicted octanol–water partition coefficient (Wildman–Crippen LogP) is 3.13. The summed E-state index contributed by atoms with van der Waals surface area (Å²) in [6.45, 7) is 4.16. The van der Waals surface area contributed by atoms with Gasteiger partial charge in [0.15, 0.2) is 0 Å². The van der Waals surface area contributed by atoms with Crippen LogP contribution in [0.5, 0.6) is 0 Å². The van der Waals surface area contributed by atoms with Crippen molar-refractivity contribution in [1.29, 1.82) is 0 Å². The second-order valence-corrected chi connectivity index (χ2v) is 7.33. The Kier molecular flexibility index (Phi) is 9.22. The minimum atomic E-state index is 0. The zero-order chi connectivity index (χ0) is 16.2. The van der Waals surface area contributed by atoms with Gasteiger partial charge in [0.25, 0.3) is 0 Å². The maximum Gasteiger partial charge on any atom is 0.223 e. The first-order chi connectivity index (χ1) is 11.1. The number of amides is 1. The van der Waals surface area contributed by atoms with E-state index in [1.165, 1.54) is 5.56 Å². The number of nitrogens with one attached hydrogen (secondary N) is 1. The Morgan fingerprint density at radius 2 is 1.92 bits per heavy atom. The molecule has 1 aromatic rings. The molecule has 4 unspecified atom stereocenters. The molecule has 25 heavy (non-hydrogen) atoms. The first kappa shape index (κ1) is 22.2. The summed E-state index contributed by atoms with van der Waals surface area (Å²) in [5.41, 5.74) is 7.35. The van der Waals surface area contributed by atoms with Crippen molar-refractivity contribution in [1.82, 2.24) is 10.2 Å². The number of likely N-dealkylation sites (tertiary alicyclic amines) is 1. The number of rotatable bonds is 4. The van der Waals surface area contributed by atoms with E-state index >= 15 is 0 Å². The van der Waals surface area contributed by atoms with E-state index in [0.717, 1.165) is 45.2 Å². The number of carbonyl (C=O) groups excluding carboxylic acids is 1. The molecule has 6 heteroatoms. The lowest BCUT2D eigenvalue weighted by atomic mass is 9.85. The summed E-state index contributed by atoms with van der Waals surface area (Å²) < 4.78 is 0. The molecule has 142 valence electrons. The van der Waals surface area contributed by atoms with Crippen LogP contribution in [0, 0.1) is 5.92 Å². The largest absolute Gasteiger partial charge is 0.352 e. The molecule has 1 amide bonds. The van der Waals surface area contributed by atoms with Gasteiger partial charge in [-0.1, -0.05) is 36.8 Å². The van der Waals surface area contributed by atoms with Gasteiger partial charge in [-0.3, -0.25) is 9.69 Å². The molecule has 1 heterocycles. The van der Waals surface area contributed by atoms with E-state index in [0.29, 0.717) is 6.04 Å². The second kappa shape index (κ2) is 10.4. The van der Waals surface area contributed by atoms with Gasteiger partial charge in [-0.15, -0.1) is 24.8 Å². The Morgan fingerprint density at radius 3 is 2.60 bits per heavy atom. The van der Waals surface area contributed by atoms with Crippen LogP contribution < -0.4 is 11.1 Å². The lowest BCUT2D eigenvalue weighted by Crippen LogP contribution is -2.43. The van der Waals surface area contributed by atoms with Gasteiger partial charge < -0.3 is 11.1 Å². The van der Waals surface area contributed by atoms with Crippen LogP contribution in [-0.2, 0) is 11.3 Å². The monoisotopic (exact) mass is 387 g/mol. The Balaban J connectivity index is 0.00000156. The van der Waals surface area contributed by atoms with Crippen LogP contribution in [0.15, 0.2) is 30.3 Å². The van der Waals surface area contributed by atoms with Gasteiger partial charge >= 0.3 is 0 Å². The number of halogens is 2. The van der Waals surface area contributed by atoms with Crippen LogP contribution in [0.2, 0.25) is 0 Å². The van der Waals surface area contributed by atoms with Gasteiger partial charge in [0, 0.05) is 37.1 Å². The molecule has 1 aliphatic heterocycles. The molecule has 0 aromatic heterocycles. The van der Waals surface area contributed by atoms with Crippen molar-refractivity contribution in [3.8, 4) is 0 Å². The second-order valence-electron chi connectivity index (χ2n) is 7.33. The van der Waals surface area contributed by atoms with Gasteiger partial charge in [0.2, 0.25) is 5.91 Å². The summed E-state index contributed by atoms with van der Waals surface area (Å²) in [6.07, 6.45) is 5.03. The minimum absolute atomic E-state index is 0. The third-order valence-electron chi connectivity index (χ3n) is 5.36. The van der Waals surface area contributed by atoms with Crippen LogP contribution in [-0.4, -0.2) is 35.5 Å². The molecule has 1 saturated heterocycles. The standard InChI is InChI=1S/C19H29N3O.2ClH/c1-14-10-18(13-22(14)12-15-6-3-2-4-7-15)21-19(23)16-8-5-9-17(20)11-16;;/h2-4,6-7,14,16-18H,5,8-13,20H2,1H3,(H,21,23);2*1H. The zero-order valence-electron chi connectivity index (χ0n) is 14.9. The third kappa shape index (κ3) is 6.14. The van der Waals surface area contributed by atoms with Gasteiger partial charge in [0.1, 0.15) is 0 Å². The van der Waals surface area contributed by atoms with E-state index < -0.39 is 0 Å². The summed E-state index contributed by atoms with van der Waals surface area (Å²) >= 11 is 0. The van der Waals surface area contributed by atoms with Crippen molar-refractivity contribution in [2.75, 3.05) is 6.54 Å². The highest BCUT2D eigenvalue weighted by Gasteiger charge is 2.32. The zero-order valence-corrected chi connectivity index (χ0v) is 16.5. The molecule has 2 fully saturated rings. The lowest BCUT2D eigenvalue weighted by Gasteiger charge is -2.27. The van der Waals surface area contributed by atoms with E-state index in [9.17, 15) is 4.79 Å². The molecule has 1 aliphatic carbocycles. The minimum Gasteiger partial charge on any atom is -0.352 e. The van der Waals surface area contributed by atoms with Crippen molar-refractivity contribution in [3.05, 3.63) is 35.9 Å². The topological polar surface area (TPSA) is 58.4 Å². The molecule has 0 bridgehead atoms. The first-order valence-corrected chi connectivity index (χ1v) is 8.95. The normalized spacial score (nSPS) is 29.4. The maximum absolute atomic E-state index is 12.5. The molecule has 4 nitrogen and oxygen atoms in total. The van der Waals surface area contributed by atoms with Gasteiger partial charge in [-0.05, 0) is 38.2 Å². The quantitative estimate of drug-likeness (QED) is 0.833. The van der Waals surface area contributed by atoms with E-state index in [-0.39, 0.29) is 48.7 Å². The fraction of sp³-hybridized carbons (Fsp3) is 0.632. The average Bonchev–Trinajstić information content (AvgIpc) is 2.88. The number of nitrogens with two attached hydrogens (primary N) is 1. The third-order valence-corrected chi connectivity index (χ3v) is 5.36. The predicted molar refractivity (Wildman–Crippen MR) is 107 cm³/mol. The van der Waals surface area contributed by atoms with Crippen molar-refractivity contribution < 1.29 is 4.79 Å². The fourth-order valence-electron chi connectivity index (χ4n) is 4.03.